The zero-order chi connectivity index (χ0) is 27.8. The highest BCUT2D eigenvalue weighted by atomic mass is 35.5. The van der Waals surface area contributed by atoms with Crippen molar-refractivity contribution in [3.05, 3.63) is 59.1 Å². The lowest BCUT2D eigenvalue weighted by Gasteiger charge is -2.33. The number of methoxy groups -OCH3 is 1. The molecule has 8 nitrogen and oxygen atoms in total. The molecular formula is C27H38ClN3O5S. The number of carbonyl (C=O) groups is 2. The summed E-state index contributed by atoms with van der Waals surface area (Å²) < 4.78 is 31.4. The fourth-order valence-electron chi connectivity index (χ4n) is 3.93. The molecule has 2 amide bonds. The summed E-state index contributed by atoms with van der Waals surface area (Å²) in [7, 11) is -2.04. The van der Waals surface area contributed by atoms with Gasteiger partial charge in [0, 0.05) is 30.1 Å². The predicted molar refractivity (Wildman–Crippen MR) is 148 cm³/mol. The van der Waals surface area contributed by atoms with E-state index in [1.165, 1.54) is 11.4 Å². The van der Waals surface area contributed by atoms with Crippen LogP contribution in [0.1, 0.15) is 52.5 Å². The Bertz CT molecular complexity index is 1160. The fourth-order valence-corrected chi connectivity index (χ4v) is 5.10. The van der Waals surface area contributed by atoms with E-state index in [-0.39, 0.29) is 37.7 Å². The lowest BCUT2D eigenvalue weighted by atomic mass is 10.0. The van der Waals surface area contributed by atoms with Crippen LogP contribution in [0.4, 0.5) is 5.69 Å². The summed E-state index contributed by atoms with van der Waals surface area (Å²) in [4.78, 5) is 28.2. The van der Waals surface area contributed by atoms with Gasteiger partial charge < -0.3 is 15.0 Å². The number of hydrogen-bond acceptors (Lipinski definition) is 5. The molecule has 2 rings (SSSR count). The van der Waals surface area contributed by atoms with Gasteiger partial charge in [-0.1, -0.05) is 36.7 Å². The van der Waals surface area contributed by atoms with Crippen molar-refractivity contribution in [1.29, 1.82) is 0 Å². The van der Waals surface area contributed by atoms with E-state index in [0.29, 0.717) is 22.9 Å². The van der Waals surface area contributed by atoms with Gasteiger partial charge in [0.25, 0.3) is 0 Å². The molecule has 0 heterocycles. The van der Waals surface area contributed by atoms with E-state index in [1.807, 2.05) is 39.8 Å². The average molecular weight is 552 g/mol. The molecular weight excluding hydrogens is 514 g/mol. The molecule has 0 bridgehead atoms. The molecule has 0 aromatic heterocycles. The largest absolute Gasteiger partial charge is 0.497 e. The number of carbonyl (C=O) groups excluding carboxylic acids is 2. The average Bonchev–Trinajstić information content (AvgIpc) is 2.81. The van der Waals surface area contributed by atoms with E-state index in [4.69, 9.17) is 16.3 Å². The van der Waals surface area contributed by atoms with Gasteiger partial charge in [-0.25, -0.2) is 8.42 Å². The molecule has 2 aromatic rings. The van der Waals surface area contributed by atoms with Crippen LogP contribution in [-0.4, -0.2) is 56.6 Å². The van der Waals surface area contributed by atoms with E-state index in [2.05, 4.69) is 5.32 Å². The normalized spacial score (nSPS) is 12.5. The van der Waals surface area contributed by atoms with Crippen LogP contribution in [0.2, 0.25) is 5.02 Å². The minimum absolute atomic E-state index is 0.0614. The van der Waals surface area contributed by atoms with Gasteiger partial charge in [0.05, 0.1) is 19.1 Å². The third kappa shape index (κ3) is 9.23. The monoisotopic (exact) mass is 551 g/mol. The van der Waals surface area contributed by atoms with Crippen molar-refractivity contribution < 1.29 is 22.7 Å². The van der Waals surface area contributed by atoms with Crippen LogP contribution in [0.25, 0.3) is 0 Å². The Kier molecular flexibility index (Phi) is 10.8. The van der Waals surface area contributed by atoms with Crippen molar-refractivity contribution >= 4 is 39.1 Å². The minimum atomic E-state index is -3.58. The number of ether oxygens (including phenoxy) is 1. The van der Waals surface area contributed by atoms with E-state index in [0.717, 1.165) is 11.8 Å². The number of halogens is 1. The third-order valence-electron chi connectivity index (χ3n) is 5.70. The molecule has 0 aliphatic heterocycles. The lowest BCUT2D eigenvalue weighted by molar-refractivity contribution is -0.142. The van der Waals surface area contributed by atoms with E-state index in [1.54, 1.807) is 41.3 Å². The second-order valence-corrected chi connectivity index (χ2v) is 12.2. The van der Waals surface area contributed by atoms with E-state index < -0.39 is 21.6 Å². The standard InChI is InChI=1S/C27H38ClN3O5S/c1-7-24(26(33)29-27(2,3)4)30(19-20-11-8-9-12-23(20)28)25(32)13-10-18-31(37(6,34)35)21-14-16-22(36-5)17-15-21/h8-9,11-12,14-17,24H,7,10,13,18-19H2,1-6H3,(H,29,33)/t24-/m1/s1. The SMILES string of the molecule is CC[C@H](C(=O)NC(C)(C)C)N(Cc1ccccc1Cl)C(=O)CCCN(c1ccc(OC)cc1)S(C)(=O)=O. The van der Waals surface area contributed by atoms with E-state index >= 15 is 0 Å². The summed E-state index contributed by atoms with van der Waals surface area (Å²) in [6, 6.07) is 13.2. The van der Waals surface area contributed by atoms with Crippen molar-refractivity contribution in [2.75, 3.05) is 24.2 Å². The van der Waals surface area contributed by atoms with Crippen LogP contribution in [0, 0.1) is 0 Å². The van der Waals surface area contributed by atoms with Crippen LogP contribution < -0.4 is 14.4 Å². The number of amides is 2. The summed E-state index contributed by atoms with van der Waals surface area (Å²) in [6.07, 6.45) is 1.88. The first-order valence-corrected chi connectivity index (χ1v) is 14.5. The summed E-state index contributed by atoms with van der Waals surface area (Å²) >= 11 is 6.37. The fraction of sp³-hybridized carbons (Fsp3) is 0.481. The van der Waals surface area contributed by atoms with Gasteiger partial charge in [0.2, 0.25) is 21.8 Å². The zero-order valence-electron chi connectivity index (χ0n) is 22.5. The number of rotatable bonds is 12. The maximum Gasteiger partial charge on any atom is 0.243 e. The Hall–Kier alpha value is -2.78. The molecule has 0 saturated heterocycles. The first-order chi connectivity index (χ1) is 17.3. The highest BCUT2D eigenvalue weighted by molar-refractivity contribution is 7.92. The Labute approximate surface area is 226 Å². The first kappa shape index (κ1) is 30.4. The number of hydrogen-bond donors (Lipinski definition) is 1. The molecule has 1 atom stereocenters. The summed E-state index contributed by atoms with van der Waals surface area (Å²) in [6.45, 7) is 7.80. The van der Waals surface area contributed by atoms with Crippen molar-refractivity contribution in [2.45, 2.75) is 65.1 Å². The molecule has 10 heteroatoms. The Morgan fingerprint density at radius 2 is 1.70 bits per heavy atom. The summed E-state index contributed by atoms with van der Waals surface area (Å²) in [5, 5.41) is 3.48. The molecule has 0 spiro atoms. The highest BCUT2D eigenvalue weighted by Crippen LogP contribution is 2.24. The molecule has 1 N–H and O–H groups in total. The number of anilines is 1. The molecule has 37 heavy (non-hydrogen) atoms. The van der Waals surface area contributed by atoms with Gasteiger partial charge in [0.1, 0.15) is 11.8 Å². The van der Waals surface area contributed by atoms with Crippen molar-refractivity contribution in [3.63, 3.8) is 0 Å². The molecule has 0 fully saturated rings. The maximum atomic E-state index is 13.5. The summed E-state index contributed by atoms with van der Waals surface area (Å²) in [5.41, 5.74) is 0.757. The van der Waals surface area contributed by atoms with Gasteiger partial charge >= 0.3 is 0 Å². The number of benzene rings is 2. The number of nitrogens with zero attached hydrogens (tertiary/aromatic N) is 2. The van der Waals surface area contributed by atoms with Crippen molar-refractivity contribution in [2.24, 2.45) is 0 Å². The van der Waals surface area contributed by atoms with Crippen molar-refractivity contribution in [3.8, 4) is 5.75 Å². The predicted octanol–water partition coefficient (Wildman–Crippen LogP) is 4.62. The Morgan fingerprint density at radius 1 is 1.08 bits per heavy atom. The molecule has 0 saturated carbocycles. The molecule has 204 valence electrons. The van der Waals surface area contributed by atoms with Gasteiger partial charge in [0.15, 0.2) is 0 Å². The maximum absolute atomic E-state index is 13.5. The van der Waals surface area contributed by atoms with Gasteiger partial charge in [-0.05, 0) is 69.5 Å². The topological polar surface area (TPSA) is 96.0 Å². The van der Waals surface area contributed by atoms with Gasteiger partial charge in [-0.3, -0.25) is 13.9 Å². The van der Waals surface area contributed by atoms with Crippen LogP contribution >= 0.6 is 11.6 Å². The van der Waals surface area contributed by atoms with E-state index in [9.17, 15) is 18.0 Å². The highest BCUT2D eigenvalue weighted by Gasteiger charge is 2.31. The van der Waals surface area contributed by atoms with Crippen LogP contribution in [0.3, 0.4) is 0 Å². The van der Waals surface area contributed by atoms with Gasteiger partial charge in [-0.2, -0.15) is 0 Å². The molecule has 0 aliphatic carbocycles. The third-order valence-corrected chi connectivity index (χ3v) is 7.26. The molecule has 0 unspecified atom stereocenters. The second kappa shape index (κ2) is 13.1. The smallest absolute Gasteiger partial charge is 0.243 e. The first-order valence-electron chi connectivity index (χ1n) is 12.2. The van der Waals surface area contributed by atoms with Crippen molar-refractivity contribution in [1.82, 2.24) is 10.2 Å². The second-order valence-electron chi connectivity index (χ2n) is 9.91. The lowest BCUT2D eigenvalue weighted by Crippen LogP contribution is -2.53. The van der Waals surface area contributed by atoms with Gasteiger partial charge in [-0.15, -0.1) is 0 Å². The number of sulfonamides is 1. The Morgan fingerprint density at radius 3 is 2.22 bits per heavy atom. The quantitative estimate of drug-likeness (QED) is 0.415. The van der Waals surface area contributed by atoms with Crippen LogP contribution in [0.15, 0.2) is 48.5 Å². The molecule has 0 aliphatic rings. The number of nitrogens with one attached hydrogen (secondary N) is 1. The zero-order valence-corrected chi connectivity index (χ0v) is 24.0. The molecule has 2 aromatic carbocycles. The minimum Gasteiger partial charge on any atom is -0.497 e. The van der Waals surface area contributed by atoms with Crippen LogP contribution in [-0.2, 0) is 26.2 Å². The summed E-state index contributed by atoms with van der Waals surface area (Å²) in [5.74, 6) is 0.118. The molecule has 0 radical (unpaired) electrons. The van der Waals surface area contributed by atoms with Crippen LogP contribution in [0.5, 0.6) is 5.75 Å². The Balaban J connectivity index is 2.24.